The summed E-state index contributed by atoms with van der Waals surface area (Å²) < 4.78 is 0. The molecule has 1 unspecified atom stereocenters. The van der Waals surface area contributed by atoms with Gasteiger partial charge in [-0.2, -0.15) is 0 Å². The van der Waals surface area contributed by atoms with Crippen molar-refractivity contribution in [2.75, 3.05) is 32.6 Å². The largest absolute Gasteiger partial charge is 0.395 e. The van der Waals surface area contributed by atoms with Crippen molar-refractivity contribution in [3.05, 3.63) is 42.2 Å². The van der Waals surface area contributed by atoms with E-state index >= 15 is 0 Å². The molecule has 0 saturated heterocycles. The van der Waals surface area contributed by atoms with Crippen molar-refractivity contribution < 1.29 is 14.7 Å². The molecule has 0 bridgehead atoms. The molecule has 1 aliphatic carbocycles. The monoisotopic (exact) mass is 438 g/mol. The number of carbonyl (C=O) groups excluding carboxylic acids is 2. The summed E-state index contributed by atoms with van der Waals surface area (Å²) in [6.45, 7) is -0.159. The van der Waals surface area contributed by atoms with Crippen LogP contribution in [0.2, 0.25) is 0 Å². The minimum Gasteiger partial charge on any atom is -0.395 e. The van der Waals surface area contributed by atoms with Crippen molar-refractivity contribution in [3.63, 3.8) is 0 Å². The Kier molecular flexibility index (Phi) is 7.55. The Labute approximate surface area is 185 Å². The van der Waals surface area contributed by atoms with Gasteiger partial charge in [-0.25, -0.2) is 15.0 Å². The Morgan fingerprint density at radius 3 is 2.69 bits per heavy atom. The maximum atomic E-state index is 13.2. The molecule has 2 heterocycles. The van der Waals surface area contributed by atoms with E-state index in [-0.39, 0.29) is 24.6 Å². The van der Waals surface area contributed by atoms with Crippen LogP contribution in [0.15, 0.2) is 35.8 Å². The lowest BCUT2D eigenvalue weighted by Crippen LogP contribution is -2.49. The number of amides is 2. The summed E-state index contributed by atoms with van der Waals surface area (Å²) in [7, 11) is 2.96. The second-order valence-corrected chi connectivity index (χ2v) is 7.38. The third kappa shape index (κ3) is 5.70. The minimum absolute atomic E-state index is 0.0728. The lowest BCUT2D eigenvalue weighted by atomic mass is 10.1. The highest BCUT2D eigenvalue weighted by Crippen LogP contribution is 2.39. The maximum Gasteiger partial charge on any atom is 0.272 e. The zero-order chi connectivity index (χ0) is 23.1. The normalized spacial score (nSPS) is 14.1. The Balaban J connectivity index is 1.85. The molecule has 11 heteroatoms. The number of carbonyl (C=O) groups is 2. The van der Waals surface area contributed by atoms with Gasteiger partial charge in [0.2, 0.25) is 0 Å². The van der Waals surface area contributed by atoms with Gasteiger partial charge in [-0.15, -0.1) is 0 Å². The number of nitrogens with zero attached hydrogens (tertiary/aromatic N) is 5. The summed E-state index contributed by atoms with van der Waals surface area (Å²) in [6, 6.07) is 2.60. The number of hydrogen-bond acceptors (Lipinski definition) is 9. The molecule has 11 nitrogen and oxygen atoms in total. The van der Waals surface area contributed by atoms with Crippen molar-refractivity contribution in [1.82, 2.24) is 25.2 Å². The van der Waals surface area contributed by atoms with E-state index in [0.717, 1.165) is 18.5 Å². The number of rotatable bonds is 10. The first-order valence-corrected chi connectivity index (χ1v) is 10.2. The van der Waals surface area contributed by atoms with Crippen LogP contribution in [0.5, 0.6) is 0 Å². The van der Waals surface area contributed by atoms with E-state index in [0.29, 0.717) is 17.3 Å². The predicted molar refractivity (Wildman–Crippen MR) is 120 cm³/mol. The average Bonchev–Trinajstić information content (AvgIpc) is 3.64. The molecule has 168 valence electrons. The quantitative estimate of drug-likeness (QED) is 0.399. The smallest absolute Gasteiger partial charge is 0.272 e. The number of aromatic nitrogens is 3. The van der Waals surface area contributed by atoms with Gasteiger partial charge < -0.3 is 20.6 Å². The second-order valence-electron chi connectivity index (χ2n) is 7.38. The van der Waals surface area contributed by atoms with Crippen LogP contribution in [-0.4, -0.2) is 82.0 Å². The fraction of sp³-hybridized carbons (Fsp3) is 0.381. The fourth-order valence-electron chi connectivity index (χ4n) is 3.01. The molecule has 2 amide bonds. The van der Waals surface area contributed by atoms with Crippen LogP contribution in [0.3, 0.4) is 0 Å². The average molecular weight is 438 g/mol. The summed E-state index contributed by atoms with van der Waals surface area (Å²) in [5.74, 6) is -0.849. The molecular weight excluding hydrogens is 412 g/mol. The second kappa shape index (κ2) is 10.5. The molecule has 1 aliphatic rings. The van der Waals surface area contributed by atoms with Crippen LogP contribution in [0.4, 0.5) is 11.4 Å². The first kappa shape index (κ1) is 22.9. The minimum atomic E-state index is -1.06. The van der Waals surface area contributed by atoms with Crippen LogP contribution in [-0.2, 0) is 4.79 Å². The standard InChI is InChI=1S/C21H26N8O3/c1-23-11-17(18(22)21(32)29(2)7-8-30)28-20(31)19-16(26-14-9-24-12-25-10-14)6-5-15(27-19)13-3-4-13/h5-6,9-13,17,22,26,30H,3-4,7-8H2,1-2H3,(H,28,31). The highest BCUT2D eigenvalue weighted by Gasteiger charge is 2.29. The van der Waals surface area contributed by atoms with E-state index < -0.39 is 17.9 Å². The third-order valence-electron chi connectivity index (χ3n) is 4.88. The lowest BCUT2D eigenvalue weighted by Gasteiger charge is -2.21. The summed E-state index contributed by atoms with van der Waals surface area (Å²) in [6.07, 6.45) is 7.90. The Bertz CT molecular complexity index is 1010. The molecule has 3 rings (SSSR count). The Morgan fingerprint density at radius 2 is 2.06 bits per heavy atom. The predicted octanol–water partition coefficient (Wildman–Crippen LogP) is 0.762. The van der Waals surface area contributed by atoms with Gasteiger partial charge in [-0.1, -0.05) is 0 Å². The molecule has 0 radical (unpaired) electrons. The highest BCUT2D eigenvalue weighted by atomic mass is 16.3. The van der Waals surface area contributed by atoms with Gasteiger partial charge in [0.25, 0.3) is 11.8 Å². The number of anilines is 2. The van der Waals surface area contributed by atoms with Crippen molar-refractivity contribution >= 4 is 35.1 Å². The molecule has 0 aliphatic heterocycles. The molecule has 1 atom stereocenters. The first-order chi connectivity index (χ1) is 15.4. The van der Waals surface area contributed by atoms with Crippen molar-refractivity contribution in [2.24, 2.45) is 4.99 Å². The van der Waals surface area contributed by atoms with Gasteiger partial charge in [0, 0.05) is 38.5 Å². The van der Waals surface area contributed by atoms with Crippen LogP contribution in [0.1, 0.15) is 34.9 Å². The Morgan fingerprint density at radius 1 is 1.34 bits per heavy atom. The van der Waals surface area contributed by atoms with Gasteiger partial charge in [0.05, 0.1) is 30.4 Å². The van der Waals surface area contributed by atoms with Gasteiger partial charge in [-0.3, -0.25) is 20.0 Å². The summed E-state index contributed by atoms with van der Waals surface area (Å²) in [5.41, 5.74) is 1.62. The van der Waals surface area contributed by atoms with E-state index in [1.165, 1.54) is 31.5 Å². The molecule has 32 heavy (non-hydrogen) atoms. The van der Waals surface area contributed by atoms with Crippen molar-refractivity contribution in [3.8, 4) is 0 Å². The number of aliphatic hydroxyl groups is 1. The number of aliphatic hydroxyl groups excluding tert-OH is 1. The van der Waals surface area contributed by atoms with Crippen molar-refractivity contribution in [1.29, 1.82) is 5.41 Å². The maximum absolute atomic E-state index is 13.2. The van der Waals surface area contributed by atoms with Crippen molar-refractivity contribution in [2.45, 2.75) is 24.8 Å². The van der Waals surface area contributed by atoms with Crippen LogP contribution < -0.4 is 10.6 Å². The van der Waals surface area contributed by atoms with Crippen LogP contribution in [0, 0.1) is 5.41 Å². The summed E-state index contributed by atoms with van der Waals surface area (Å²) >= 11 is 0. The molecule has 1 fully saturated rings. The summed E-state index contributed by atoms with van der Waals surface area (Å²) in [5, 5.41) is 23.1. The number of likely N-dealkylation sites (N-methyl/N-ethyl adjacent to an activating group) is 1. The van der Waals surface area contributed by atoms with Gasteiger partial charge >= 0.3 is 0 Å². The van der Waals surface area contributed by atoms with E-state index in [2.05, 4.69) is 30.6 Å². The molecule has 0 aromatic carbocycles. The van der Waals surface area contributed by atoms with E-state index in [1.807, 2.05) is 6.07 Å². The van der Waals surface area contributed by atoms with E-state index in [1.54, 1.807) is 18.5 Å². The fourth-order valence-corrected chi connectivity index (χ4v) is 3.01. The number of nitrogens with one attached hydrogen (secondary N) is 3. The number of pyridine rings is 1. The molecule has 2 aromatic heterocycles. The zero-order valence-electron chi connectivity index (χ0n) is 17.9. The zero-order valence-corrected chi connectivity index (χ0v) is 17.9. The topological polar surface area (TPSA) is 157 Å². The molecule has 0 spiro atoms. The molecule has 2 aromatic rings. The number of hydrogen-bond donors (Lipinski definition) is 4. The van der Waals surface area contributed by atoms with Crippen LogP contribution in [0.25, 0.3) is 0 Å². The Hall–Kier alpha value is -3.73. The third-order valence-corrected chi connectivity index (χ3v) is 4.88. The van der Waals surface area contributed by atoms with E-state index in [9.17, 15) is 9.59 Å². The number of aliphatic imine (C=N–C) groups is 1. The highest BCUT2D eigenvalue weighted by molar-refractivity contribution is 6.42. The first-order valence-electron chi connectivity index (χ1n) is 10.2. The van der Waals surface area contributed by atoms with Gasteiger partial charge in [-0.05, 0) is 25.0 Å². The van der Waals surface area contributed by atoms with E-state index in [4.69, 9.17) is 10.5 Å². The van der Waals surface area contributed by atoms with Gasteiger partial charge in [0.15, 0.2) is 5.69 Å². The lowest BCUT2D eigenvalue weighted by molar-refractivity contribution is -0.123. The molecule has 1 saturated carbocycles. The van der Waals surface area contributed by atoms with Crippen LogP contribution >= 0.6 is 0 Å². The van der Waals surface area contributed by atoms with Gasteiger partial charge in [0.1, 0.15) is 18.1 Å². The molecular formula is C21H26N8O3. The molecule has 4 N–H and O–H groups in total. The SMILES string of the molecule is CN=CC(NC(=O)c1nc(C2CC2)ccc1Nc1cncnc1)C(=N)C(=O)N(C)CCO. The summed E-state index contributed by atoms with van der Waals surface area (Å²) in [4.78, 5) is 43.2.